The van der Waals surface area contributed by atoms with E-state index in [0.29, 0.717) is 18.1 Å². The van der Waals surface area contributed by atoms with Crippen molar-refractivity contribution in [2.75, 3.05) is 18.5 Å². The number of aliphatic hydroxyl groups is 1. The van der Waals surface area contributed by atoms with Crippen LogP contribution in [-0.4, -0.2) is 64.9 Å². The lowest BCUT2D eigenvalue weighted by atomic mass is 9.44. The highest BCUT2D eigenvalue weighted by Crippen LogP contribution is 2.85. The van der Waals surface area contributed by atoms with Gasteiger partial charge in [-0.25, -0.2) is 4.79 Å². The van der Waals surface area contributed by atoms with Gasteiger partial charge in [-0.15, -0.1) is 0 Å². The van der Waals surface area contributed by atoms with E-state index in [4.69, 9.17) is 30.5 Å². The number of cyclic esters (lactones) is 1. The molecule has 35 heavy (non-hydrogen) atoms. The molecule has 8 heteroatoms. The molecule has 3 saturated heterocycles. The second kappa shape index (κ2) is 6.08. The number of nitrogens with one attached hydrogen (secondary N) is 1. The number of epoxide rings is 3. The molecule has 186 valence electrons. The summed E-state index contributed by atoms with van der Waals surface area (Å²) in [5.41, 5.74) is -1.02. The molecule has 0 bridgehead atoms. The Hall–Kier alpha value is -1.64. The Morgan fingerprint density at radius 2 is 2.03 bits per heavy atom. The first-order valence-electron chi connectivity index (χ1n) is 12.8. The number of fused-ring (bicyclic) bond motifs is 4. The maximum atomic E-state index is 12.8. The van der Waals surface area contributed by atoms with Crippen LogP contribution in [0.4, 0.5) is 5.69 Å². The van der Waals surface area contributed by atoms with Crippen molar-refractivity contribution in [3.8, 4) is 0 Å². The fourth-order valence-corrected chi connectivity index (χ4v) is 9.37. The van der Waals surface area contributed by atoms with Crippen molar-refractivity contribution in [2.45, 2.75) is 80.7 Å². The van der Waals surface area contributed by atoms with Gasteiger partial charge in [-0.1, -0.05) is 38.4 Å². The van der Waals surface area contributed by atoms with Gasteiger partial charge < -0.3 is 29.4 Å². The number of rotatable bonds is 4. The molecule has 5 fully saturated rings. The van der Waals surface area contributed by atoms with Gasteiger partial charge in [-0.05, 0) is 54.9 Å². The summed E-state index contributed by atoms with van der Waals surface area (Å²) in [6.07, 6.45) is 1.77. The molecule has 7 nitrogen and oxygen atoms in total. The summed E-state index contributed by atoms with van der Waals surface area (Å²) in [6.45, 7) is 7.14. The lowest BCUT2D eigenvalue weighted by Crippen LogP contribution is -2.77. The number of halogens is 1. The van der Waals surface area contributed by atoms with Gasteiger partial charge in [0.05, 0.1) is 6.10 Å². The van der Waals surface area contributed by atoms with E-state index in [0.717, 1.165) is 29.7 Å². The Bertz CT molecular complexity index is 1230. The van der Waals surface area contributed by atoms with Crippen LogP contribution in [0, 0.1) is 17.3 Å². The molecule has 2 N–H and O–H groups in total. The topological polar surface area (TPSA) is 96.2 Å². The molecule has 4 aliphatic heterocycles. The molecule has 4 heterocycles. The third-order valence-corrected chi connectivity index (χ3v) is 11.0. The summed E-state index contributed by atoms with van der Waals surface area (Å²) in [5.74, 6) is 0.0440. The first-order chi connectivity index (χ1) is 16.7. The smallest absolute Gasteiger partial charge is 0.334 e. The summed E-state index contributed by atoms with van der Waals surface area (Å²) in [6, 6.07) is 7.54. The molecule has 7 aliphatic rings. The van der Waals surface area contributed by atoms with Crippen molar-refractivity contribution >= 4 is 23.3 Å². The van der Waals surface area contributed by atoms with E-state index in [1.165, 1.54) is 0 Å². The molecule has 0 aromatic heterocycles. The lowest BCUT2D eigenvalue weighted by molar-refractivity contribution is -0.159. The van der Waals surface area contributed by atoms with E-state index in [1.54, 1.807) is 0 Å². The van der Waals surface area contributed by atoms with Crippen molar-refractivity contribution in [3.63, 3.8) is 0 Å². The zero-order chi connectivity index (χ0) is 24.2. The van der Waals surface area contributed by atoms with Gasteiger partial charge in [0.25, 0.3) is 0 Å². The van der Waals surface area contributed by atoms with Crippen LogP contribution in [0.1, 0.15) is 40.0 Å². The van der Waals surface area contributed by atoms with Crippen molar-refractivity contribution in [1.82, 2.24) is 0 Å². The Labute approximate surface area is 209 Å². The fraction of sp³-hybridized carbons (Fsp3) is 0.667. The van der Waals surface area contributed by atoms with Gasteiger partial charge in [-0.3, -0.25) is 0 Å². The number of esters is 1. The summed E-state index contributed by atoms with van der Waals surface area (Å²) in [4.78, 5) is 12.4. The highest BCUT2D eigenvalue weighted by molar-refractivity contribution is 6.30. The number of hydrogen-bond donors (Lipinski definition) is 2. The van der Waals surface area contributed by atoms with Gasteiger partial charge in [0.2, 0.25) is 0 Å². The Kier molecular flexibility index (Phi) is 3.72. The first kappa shape index (κ1) is 21.4. The number of carbonyl (C=O) groups is 1. The molecule has 2 saturated carbocycles. The second-order valence-electron chi connectivity index (χ2n) is 12.1. The fourth-order valence-electron chi connectivity index (χ4n) is 9.18. The van der Waals surface area contributed by atoms with E-state index in [1.807, 2.05) is 24.3 Å². The average Bonchev–Trinajstić information content (AvgIpc) is 3.71. The van der Waals surface area contributed by atoms with E-state index >= 15 is 0 Å². The highest BCUT2D eigenvalue weighted by atomic mass is 35.5. The highest BCUT2D eigenvalue weighted by Gasteiger charge is 3.04. The molecule has 3 aliphatic carbocycles. The number of anilines is 1. The minimum Gasteiger partial charge on any atom is -0.458 e. The average molecular weight is 500 g/mol. The van der Waals surface area contributed by atoms with E-state index < -0.39 is 22.4 Å². The zero-order valence-corrected chi connectivity index (χ0v) is 20.9. The van der Waals surface area contributed by atoms with E-state index in [-0.39, 0.29) is 48.1 Å². The third-order valence-electron chi connectivity index (χ3n) is 10.8. The quantitative estimate of drug-likeness (QED) is 0.485. The van der Waals surface area contributed by atoms with E-state index in [9.17, 15) is 9.90 Å². The molecular formula is C27H30ClNO6. The monoisotopic (exact) mass is 499 g/mol. The Morgan fingerprint density at radius 1 is 1.20 bits per heavy atom. The maximum absolute atomic E-state index is 12.8. The van der Waals surface area contributed by atoms with Crippen molar-refractivity contribution in [2.24, 2.45) is 17.3 Å². The Morgan fingerprint density at radius 3 is 2.80 bits per heavy atom. The van der Waals surface area contributed by atoms with Crippen LogP contribution >= 0.6 is 11.6 Å². The van der Waals surface area contributed by atoms with Crippen molar-refractivity contribution in [1.29, 1.82) is 0 Å². The zero-order valence-electron chi connectivity index (χ0n) is 20.1. The SMILES string of the molecule is CC(C)[C@]12O[C@H]1[C@@H]1O[C@]13[C@]1(O[C@H]1C[C@H]1C4=C(CC[C@@]13C)C(=O)OC4)[C@]2(O)CNc1cccc(Cl)c1. The normalized spacial score (nSPS) is 51.9. The molecule has 1 aromatic carbocycles. The van der Waals surface area contributed by atoms with Crippen LogP contribution in [-0.2, 0) is 23.7 Å². The van der Waals surface area contributed by atoms with Gasteiger partial charge in [0, 0.05) is 28.2 Å². The molecule has 2 spiro atoms. The first-order valence-corrected chi connectivity index (χ1v) is 13.2. The molecule has 0 amide bonds. The van der Waals surface area contributed by atoms with Crippen molar-refractivity contribution in [3.05, 3.63) is 40.4 Å². The molecule has 1 aromatic rings. The van der Waals surface area contributed by atoms with Crippen LogP contribution in [0.25, 0.3) is 0 Å². The summed E-state index contributed by atoms with van der Waals surface area (Å²) < 4.78 is 25.4. The number of ether oxygens (including phenoxy) is 4. The summed E-state index contributed by atoms with van der Waals surface area (Å²) in [5, 5.41) is 16.9. The maximum Gasteiger partial charge on any atom is 0.334 e. The largest absolute Gasteiger partial charge is 0.458 e. The summed E-state index contributed by atoms with van der Waals surface area (Å²) >= 11 is 6.23. The Balaban J connectivity index is 1.25. The predicted octanol–water partition coefficient (Wildman–Crippen LogP) is 3.24. The van der Waals surface area contributed by atoms with Gasteiger partial charge in [0.1, 0.15) is 35.6 Å². The lowest BCUT2D eigenvalue weighted by Gasteiger charge is -2.56. The number of hydrogen-bond acceptors (Lipinski definition) is 7. The second-order valence-corrected chi connectivity index (χ2v) is 12.5. The predicted molar refractivity (Wildman–Crippen MR) is 126 cm³/mol. The van der Waals surface area contributed by atoms with Crippen LogP contribution < -0.4 is 5.32 Å². The van der Waals surface area contributed by atoms with Gasteiger partial charge >= 0.3 is 5.97 Å². The van der Waals surface area contributed by atoms with Crippen LogP contribution in [0.2, 0.25) is 5.02 Å². The van der Waals surface area contributed by atoms with Gasteiger partial charge in [0.15, 0.2) is 5.60 Å². The van der Waals surface area contributed by atoms with E-state index in [2.05, 4.69) is 26.1 Å². The molecule has 0 radical (unpaired) electrons. The third kappa shape index (κ3) is 2.06. The molecule has 8 rings (SSSR count). The number of carbonyl (C=O) groups excluding carboxylic acids is 1. The summed E-state index contributed by atoms with van der Waals surface area (Å²) in [7, 11) is 0. The molecular weight excluding hydrogens is 470 g/mol. The van der Waals surface area contributed by atoms with Crippen LogP contribution in [0.15, 0.2) is 35.4 Å². The minimum atomic E-state index is -1.30. The standard InChI is InChI=1S/C27H30ClNO6/c1-13(2)25-20(34-25)21-27(35-21)23(3)8-7-16-17(11-32-22(16)30)18(23)10-19-26(27,33-19)24(25,31)12-29-15-6-4-5-14(28)9-15/h4-6,9,13,18-21,29,31H,7-8,10-12H2,1-3H3/t18-,19-,20-,21-,23-,24-,25-,26+,27+/m0/s1. The minimum absolute atomic E-state index is 0.0761. The van der Waals surface area contributed by atoms with Gasteiger partial charge in [-0.2, -0.15) is 0 Å². The van der Waals surface area contributed by atoms with Crippen LogP contribution in [0.5, 0.6) is 0 Å². The number of benzene rings is 1. The molecule has 0 unspecified atom stereocenters. The van der Waals surface area contributed by atoms with Crippen LogP contribution in [0.3, 0.4) is 0 Å². The molecule has 9 atom stereocenters. The van der Waals surface area contributed by atoms with Crippen molar-refractivity contribution < 1.29 is 28.8 Å².